The number of fused-ring (bicyclic) bond motifs is 5. The number of rotatable bonds is 0. The van der Waals surface area contributed by atoms with Crippen molar-refractivity contribution in [1.29, 1.82) is 0 Å². The summed E-state index contributed by atoms with van der Waals surface area (Å²) in [5.41, 5.74) is 11.3. The lowest BCUT2D eigenvalue weighted by atomic mass is 9.91. The molecule has 0 amide bonds. The summed E-state index contributed by atoms with van der Waals surface area (Å²) < 4.78 is 2.42. The van der Waals surface area contributed by atoms with Crippen molar-refractivity contribution in [2.75, 3.05) is 0 Å². The molecule has 1 heteroatoms. The molecule has 0 radical (unpaired) electrons. The fraction of sp³-hybridized carbons (Fsp3) is 0.304. The van der Waals surface area contributed by atoms with Crippen LogP contribution >= 0.6 is 0 Å². The molecule has 0 saturated heterocycles. The normalized spacial score (nSPS) is 12.0. The number of aryl methyl sites for hydroxylation is 5. The fourth-order valence-corrected chi connectivity index (χ4v) is 4.52. The summed E-state index contributed by atoms with van der Waals surface area (Å²) in [6.07, 6.45) is 0. The molecular weight excluding hydrogens is 290 g/mol. The predicted octanol–water partition coefficient (Wildman–Crippen LogP) is 6.34. The third kappa shape index (κ3) is 1.65. The van der Waals surface area contributed by atoms with E-state index in [-0.39, 0.29) is 0 Å². The molecule has 0 aliphatic rings. The minimum Gasteiger partial charge on any atom is -0.343 e. The summed E-state index contributed by atoms with van der Waals surface area (Å²) in [6, 6.07) is 8.87. The van der Waals surface area contributed by atoms with Gasteiger partial charge in [0, 0.05) is 17.8 Å². The standard InChI is InChI=1S/C23H25N/c1-12-13(2)16(5)22-20(15(12)4)21-19-11-9-8-10-18(19)14(3)17(6)23(21)24(22)7/h8-11H,1-7H3. The minimum atomic E-state index is 1.38. The molecule has 0 fully saturated rings. The van der Waals surface area contributed by atoms with Gasteiger partial charge in [-0.25, -0.2) is 0 Å². The van der Waals surface area contributed by atoms with E-state index in [4.69, 9.17) is 0 Å². The van der Waals surface area contributed by atoms with Gasteiger partial charge in [-0.15, -0.1) is 0 Å². The summed E-state index contributed by atoms with van der Waals surface area (Å²) in [6.45, 7) is 13.6. The highest BCUT2D eigenvalue weighted by Crippen LogP contribution is 2.42. The zero-order valence-corrected chi connectivity index (χ0v) is 15.8. The number of hydrogen-bond acceptors (Lipinski definition) is 0. The maximum absolute atomic E-state index is 2.42. The van der Waals surface area contributed by atoms with E-state index >= 15 is 0 Å². The van der Waals surface area contributed by atoms with Gasteiger partial charge in [0.25, 0.3) is 0 Å². The second kappa shape index (κ2) is 4.86. The molecular formula is C23H25N. The van der Waals surface area contributed by atoms with Gasteiger partial charge in [-0.3, -0.25) is 0 Å². The van der Waals surface area contributed by atoms with E-state index < -0.39 is 0 Å². The Morgan fingerprint density at radius 3 is 1.71 bits per heavy atom. The molecule has 4 rings (SSSR count). The highest BCUT2D eigenvalue weighted by molar-refractivity contribution is 6.24. The molecule has 0 unspecified atom stereocenters. The Labute approximate surface area is 143 Å². The van der Waals surface area contributed by atoms with Gasteiger partial charge >= 0.3 is 0 Å². The van der Waals surface area contributed by atoms with Gasteiger partial charge in [0.15, 0.2) is 0 Å². The third-order valence-corrected chi connectivity index (χ3v) is 6.33. The summed E-state index contributed by atoms with van der Waals surface area (Å²) >= 11 is 0. The molecule has 1 nitrogen and oxygen atoms in total. The van der Waals surface area contributed by atoms with Crippen LogP contribution in [0.4, 0.5) is 0 Å². The van der Waals surface area contributed by atoms with Gasteiger partial charge < -0.3 is 4.57 Å². The van der Waals surface area contributed by atoms with Crippen molar-refractivity contribution < 1.29 is 0 Å². The SMILES string of the molecule is Cc1c(C)c(C)c2c(c1C)c1c3ccccc3c(C)c(C)c1n2C. The molecule has 3 aromatic carbocycles. The highest BCUT2D eigenvalue weighted by atomic mass is 14.9. The van der Waals surface area contributed by atoms with E-state index in [9.17, 15) is 0 Å². The molecule has 0 atom stereocenters. The predicted molar refractivity (Wildman–Crippen MR) is 106 cm³/mol. The van der Waals surface area contributed by atoms with Crippen LogP contribution in [0.1, 0.15) is 33.4 Å². The van der Waals surface area contributed by atoms with Crippen LogP contribution < -0.4 is 0 Å². The van der Waals surface area contributed by atoms with Crippen molar-refractivity contribution in [1.82, 2.24) is 4.57 Å². The molecule has 1 heterocycles. The van der Waals surface area contributed by atoms with E-state index in [0.29, 0.717) is 0 Å². The molecule has 0 aliphatic carbocycles. The lowest BCUT2D eigenvalue weighted by Crippen LogP contribution is -1.97. The van der Waals surface area contributed by atoms with Gasteiger partial charge in [0.1, 0.15) is 0 Å². The molecule has 4 aromatic rings. The van der Waals surface area contributed by atoms with Crippen LogP contribution in [0.3, 0.4) is 0 Å². The summed E-state index contributed by atoms with van der Waals surface area (Å²) in [4.78, 5) is 0. The first kappa shape index (κ1) is 15.3. The number of aromatic nitrogens is 1. The Bertz CT molecular complexity index is 1160. The monoisotopic (exact) mass is 315 g/mol. The molecule has 0 aliphatic heterocycles. The summed E-state index contributed by atoms with van der Waals surface area (Å²) in [5, 5.41) is 5.62. The van der Waals surface area contributed by atoms with Gasteiger partial charge in [0.05, 0.1) is 11.0 Å². The Balaban J connectivity index is 2.50. The lowest BCUT2D eigenvalue weighted by molar-refractivity contribution is 0.997. The van der Waals surface area contributed by atoms with Crippen LogP contribution in [-0.2, 0) is 7.05 Å². The van der Waals surface area contributed by atoms with Crippen molar-refractivity contribution in [2.24, 2.45) is 7.05 Å². The first-order chi connectivity index (χ1) is 11.4. The van der Waals surface area contributed by atoms with Crippen molar-refractivity contribution >= 4 is 32.6 Å². The topological polar surface area (TPSA) is 4.93 Å². The second-order valence-corrected chi connectivity index (χ2v) is 7.30. The molecule has 0 N–H and O–H groups in total. The number of benzene rings is 3. The van der Waals surface area contributed by atoms with E-state index in [0.717, 1.165) is 0 Å². The van der Waals surface area contributed by atoms with Crippen LogP contribution in [0.25, 0.3) is 32.6 Å². The zero-order chi connectivity index (χ0) is 17.3. The Kier molecular flexibility index (Phi) is 3.09. The molecule has 0 spiro atoms. The van der Waals surface area contributed by atoms with Crippen LogP contribution in [0.5, 0.6) is 0 Å². The Morgan fingerprint density at radius 1 is 0.542 bits per heavy atom. The van der Waals surface area contributed by atoms with Crippen LogP contribution in [0, 0.1) is 41.5 Å². The average Bonchev–Trinajstić information content (AvgIpc) is 2.89. The van der Waals surface area contributed by atoms with Crippen molar-refractivity contribution in [3.05, 3.63) is 57.6 Å². The third-order valence-electron chi connectivity index (χ3n) is 6.33. The molecule has 122 valence electrons. The quantitative estimate of drug-likeness (QED) is 0.357. The van der Waals surface area contributed by atoms with Crippen molar-refractivity contribution in [3.8, 4) is 0 Å². The molecule has 24 heavy (non-hydrogen) atoms. The van der Waals surface area contributed by atoms with Crippen molar-refractivity contribution in [2.45, 2.75) is 41.5 Å². The molecule has 1 aromatic heterocycles. The second-order valence-electron chi connectivity index (χ2n) is 7.30. The van der Waals surface area contributed by atoms with Gasteiger partial charge in [0.2, 0.25) is 0 Å². The van der Waals surface area contributed by atoms with E-state index in [1.807, 2.05) is 0 Å². The first-order valence-corrected chi connectivity index (χ1v) is 8.72. The number of nitrogens with zero attached hydrogens (tertiary/aromatic N) is 1. The van der Waals surface area contributed by atoms with Gasteiger partial charge in [-0.05, 0) is 85.7 Å². The van der Waals surface area contributed by atoms with Crippen LogP contribution in [0.15, 0.2) is 24.3 Å². The maximum atomic E-state index is 2.42. The summed E-state index contributed by atoms with van der Waals surface area (Å²) in [7, 11) is 2.23. The first-order valence-electron chi connectivity index (χ1n) is 8.72. The molecule has 0 bridgehead atoms. The maximum Gasteiger partial charge on any atom is 0.0527 e. The van der Waals surface area contributed by atoms with E-state index in [1.54, 1.807) is 0 Å². The van der Waals surface area contributed by atoms with Crippen LogP contribution in [-0.4, -0.2) is 4.57 Å². The number of hydrogen-bond donors (Lipinski definition) is 0. The largest absolute Gasteiger partial charge is 0.343 e. The Morgan fingerprint density at radius 2 is 1.04 bits per heavy atom. The van der Waals surface area contributed by atoms with Gasteiger partial charge in [-0.1, -0.05) is 24.3 Å². The van der Waals surface area contributed by atoms with E-state index in [1.165, 1.54) is 66.0 Å². The zero-order valence-electron chi connectivity index (χ0n) is 15.8. The molecule has 0 saturated carbocycles. The highest BCUT2D eigenvalue weighted by Gasteiger charge is 2.20. The van der Waals surface area contributed by atoms with Crippen molar-refractivity contribution in [3.63, 3.8) is 0 Å². The van der Waals surface area contributed by atoms with E-state index in [2.05, 4.69) is 77.4 Å². The average molecular weight is 315 g/mol. The lowest BCUT2D eigenvalue weighted by Gasteiger charge is -2.12. The summed E-state index contributed by atoms with van der Waals surface area (Å²) in [5.74, 6) is 0. The Hall–Kier alpha value is -2.28. The fourth-order valence-electron chi connectivity index (χ4n) is 4.52. The van der Waals surface area contributed by atoms with Gasteiger partial charge in [-0.2, -0.15) is 0 Å². The smallest absolute Gasteiger partial charge is 0.0527 e. The van der Waals surface area contributed by atoms with Crippen LogP contribution in [0.2, 0.25) is 0 Å². The minimum absolute atomic E-state index is 1.38.